The van der Waals surface area contributed by atoms with Gasteiger partial charge in [0.25, 0.3) is 5.91 Å². The van der Waals surface area contributed by atoms with Gasteiger partial charge in [-0.05, 0) is 35.9 Å². The van der Waals surface area contributed by atoms with E-state index in [2.05, 4.69) is 15.3 Å². The summed E-state index contributed by atoms with van der Waals surface area (Å²) in [5.41, 5.74) is 2.15. The number of pyridine rings is 1. The van der Waals surface area contributed by atoms with E-state index >= 15 is 0 Å². The van der Waals surface area contributed by atoms with Gasteiger partial charge in [-0.2, -0.15) is 0 Å². The summed E-state index contributed by atoms with van der Waals surface area (Å²) < 4.78 is 19.8. The van der Waals surface area contributed by atoms with E-state index in [9.17, 15) is 9.18 Å². The monoisotopic (exact) mass is 416 g/mol. The van der Waals surface area contributed by atoms with Gasteiger partial charge < -0.3 is 14.6 Å². The van der Waals surface area contributed by atoms with Crippen molar-refractivity contribution in [3.8, 4) is 22.8 Å². The molecule has 2 aromatic carbocycles. The predicted molar refractivity (Wildman–Crippen MR) is 117 cm³/mol. The Balaban J connectivity index is 1.53. The lowest BCUT2D eigenvalue weighted by Crippen LogP contribution is -2.23. The zero-order valence-corrected chi connectivity index (χ0v) is 17.2. The summed E-state index contributed by atoms with van der Waals surface area (Å²) >= 11 is 0. The Bertz CT molecular complexity index is 1200. The van der Waals surface area contributed by atoms with Crippen LogP contribution in [-0.2, 0) is 6.54 Å². The first-order chi connectivity index (χ1) is 15.0. The molecule has 2 heterocycles. The van der Waals surface area contributed by atoms with Crippen molar-refractivity contribution >= 4 is 11.7 Å². The molecule has 31 heavy (non-hydrogen) atoms. The highest BCUT2D eigenvalue weighted by atomic mass is 19.1. The average molecular weight is 416 g/mol. The maximum absolute atomic E-state index is 14.1. The Labute approximate surface area is 179 Å². The highest BCUT2D eigenvalue weighted by Gasteiger charge is 2.18. The summed E-state index contributed by atoms with van der Waals surface area (Å²) in [6, 6.07) is 17.1. The molecule has 0 atom stereocenters. The number of nitrogens with one attached hydrogen (secondary N) is 1. The second kappa shape index (κ2) is 8.79. The lowest BCUT2D eigenvalue weighted by Gasteiger charge is -2.12. The van der Waals surface area contributed by atoms with Crippen LogP contribution in [0.15, 0.2) is 77.5 Å². The van der Waals surface area contributed by atoms with Crippen molar-refractivity contribution in [1.29, 1.82) is 0 Å². The Morgan fingerprint density at radius 1 is 0.968 bits per heavy atom. The average Bonchev–Trinajstić information content (AvgIpc) is 3.28. The molecule has 0 fully saturated rings. The fourth-order valence-corrected chi connectivity index (χ4v) is 3.12. The molecule has 1 amide bonds. The van der Waals surface area contributed by atoms with Crippen molar-refractivity contribution in [2.24, 2.45) is 0 Å². The van der Waals surface area contributed by atoms with Crippen LogP contribution in [0.1, 0.15) is 15.9 Å². The number of halogens is 1. The van der Waals surface area contributed by atoms with Crippen molar-refractivity contribution in [3.05, 3.63) is 90.0 Å². The van der Waals surface area contributed by atoms with Crippen molar-refractivity contribution in [2.75, 3.05) is 19.0 Å². The summed E-state index contributed by atoms with van der Waals surface area (Å²) in [5, 5.41) is 2.90. The largest absolute Gasteiger partial charge is 0.436 e. The molecule has 0 saturated heterocycles. The summed E-state index contributed by atoms with van der Waals surface area (Å²) in [5.74, 6) is 0.731. The van der Waals surface area contributed by atoms with E-state index in [1.54, 1.807) is 48.7 Å². The standard InChI is InChI=1S/C24H21FN4O2/c1-29(2)22-12-11-16(13-26-22)14-27-23(30)17-7-3-4-8-18(17)24-28-15-21(31-24)19-9-5-6-10-20(19)25/h3-13,15H,14H2,1-2H3,(H,27,30). The number of rotatable bonds is 6. The number of oxazole rings is 1. The molecule has 1 N–H and O–H groups in total. The molecule has 0 aliphatic carbocycles. The highest BCUT2D eigenvalue weighted by Crippen LogP contribution is 2.29. The minimum absolute atomic E-state index is 0.251. The quantitative estimate of drug-likeness (QED) is 0.500. The molecule has 0 aliphatic rings. The van der Waals surface area contributed by atoms with Crippen LogP contribution in [0.3, 0.4) is 0 Å². The molecule has 156 valence electrons. The van der Waals surface area contributed by atoms with Gasteiger partial charge >= 0.3 is 0 Å². The molecular formula is C24H21FN4O2. The van der Waals surface area contributed by atoms with E-state index in [0.29, 0.717) is 29.0 Å². The van der Waals surface area contributed by atoms with Crippen LogP contribution >= 0.6 is 0 Å². The topological polar surface area (TPSA) is 71.3 Å². The van der Waals surface area contributed by atoms with Crippen molar-refractivity contribution in [1.82, 2.24) is 15.3 Å². The van der Waals surface area contributed by atoms with Crippen LogP contribution in [0.5, 0.6) is 0 Å². The fraction of sp³-hybridized carbons (Fsp3) is 0.125. The van der Waals surface area contributed by atoms with Crippen LogP contribution in [0, 0.1) is 5.82 Å². The van der Waals surface area contributed by atoms with Gasteiger partial charge in [0.2, 0.25) is 5.89 Å². The predicted octanol–water partition coefficient (Wildman–Crippen LogP) is 4.54. The van der Waals surface area contributed by atoms with Gasteiger partial charge in [-0.15, -0.1) is 0 Å². The third-order valence-corrected chi connectivity index (χ3v) is 4.77. The number of anilines is 1. The first-order valence-electron chi connectivity index (χ1n) is 9.73. The second-order valence-electron chi connectivity index (χ2n) is 7.16. The zero-order valence-electron chi connectivity index (χ0n) is 17.2. The van der Waals surface area contributed by atoms with E-state index in [0.717, 1.165) is 11.4 Å². The molecule has 2 aromatic heterocycles. The number of carbonyl (C=O) groups excluding carboxylic acids is 1. The Morgan fingerprint density at radius 3 is 2.42 bits per heavy atom. The minimum atomic E-state index is -0.398. The smallest absolute Gasteiger partial charge is 0.252 e. The third kappa shape index (κ3) is 4.45. The maximum atomic E-state index is 14.1. The molecular weight excluding hydrogens is 395 g/mol. The first-order valence-corrected chi connectivity index (χ1v) is 9.73. The van der Waals surface area contributed by atoms with Gasteiger partial charge in [0.1, 0.15) is 11.6 Å². The normalized spacial score (nSPS) is 10.7. The molecule has 0 unspecified atom stereocenters. The lowest BCUT2D eigenvalue weighted by molar-refractivity contribution is 0.0951. The van der Waals surface area contributed by atoms with Gasteiger partial charge in [-0.3, -0.25) is 4.79 Å². The number of amides is 1. The van der Waals surface area contributed by atoms with Crippen LogP contribution in [-0.4, -0.2) is 30.0 Å². The number of aromatic nitrogens is 2. The minimum Gasteiger partial charge on any atom is -0.436 e. The van der Waals surface area contributed by atoms with E-state index in [1.807, 2.05) is 31.1 Å². The molecule has 0 radical (unpaired) electrons. The maximum Gasteiger partial charge on any atom is 0.252 e. The highest BCUT2D eigenvalue weighted by molar-refractivity contribution is 6.00. The molecule has 0 bridgehead atoms. The Morgan fingerprint density at radius 2 is 1.71 bits per heavy atom. The molecule has 0 aliphatic heterocycles. The molecule has 0 saturated carbocycles. The lowest BCUT2D eigenvalue weighted by atomic mass is 10.1. The number of hydrogen-bond donors (Lipinski definition) is 1. The SMILES string of the molecule is CN(C)c1ccc(CNC(=O)c2ccccc2-c2ncc(-c3ccccc3F)o2)cn1. The van der Waals surface area contributed by atoms with E-state index in [4.69, 9.17) is 4.42 Å². The molecule has 0 spiro atoms. The van der Waals surface area contributed by atoms with Crippen molar-refractivity contribution in [2.45, 2.75) is 6.54 Å². The number of nitrogens with zero attached hydrogens (tertiary/aromatic N) is 3. The second-order valence-corrected chi connectivity index (χ2v) is 7.16. The first kappa shape index (κ1) is 20.3. The van der Waals surface area contributed by atoms with E-state index < -0.39 is 5.82 Å². The van der Waals surface area contributed by atoms with Crippen LogP contribution in [0.4, 0.5) is 10.2 Å². The van der Waals surface area contributed by atoms with Crippen molar-refractivity contribution < 1.29 is 13.6 Å². The van der Waals surface area contributed by atoms with Crippen LogP contribution in [0.25, 0.3) is 22.8 Å². The number of hydrogen-bond acceptors (Lipinski definition) is 5. The van der Waals surface area contributed by atoms with E-state index in [-0.39, 0.29) is 11.8 Å². The summed E-state index contributed by atoms with van der Waals surface area (Å²) in [4.78, 5) is 23.4. The van der Waals surface area contributed by atoms with Crippen LogP contribution < -0.4 is 10.2 Å². The van der Waals surface area contributed by atoms with E-state index in [1.165, 1.54) is 12.3 Å². The molecule has 4 rings (SSSR count). The number of benzene rings is 2. The van der Waals surface area contributed by atoms with Gasteiger partial charge in [0, 0.05) is 32.4 Å². The van der Waals surface area contributed by atoms with Gasteiger partial charge in [0.05, 0.1) is 17.3 Å². The fourth-order valence-electron chi connectivity index (χ4n) is 3.12. The van der Waals surface area contributed by atoms with Gasteiger partial charge in [-0.25, -0.2) is 14.4 Å². The van der Waals surface area contributed by atoms with Gasteiger partial charge in [0.15, 0.2) is 5.76 Å². The molecule has 7 heteroatoms. The third-order valence-electron chi connectivity index (χ3n) is 4.77. The molecule has 4 aromatic rings. The van der Waals surface area contributed by atoms with Crippen molar-refractivity contribution in [3.63, 3.8) is 0 Å². The zero-order chi connectivity index (χ0) is 21.8. The summed E-state index contributed by atoms with van der Waals surface area (Å²) in [6.45, 7) is 0.333. The molecule has 6 nitrogen and oxygen atoms in total. The summed E-state index contributed by atoms with van der Waals surface area (Å²) in [6.07, 6.45) is 3.19. The Hall–Kier alpha value is -4.00. The van der Waals surface area contributed by atoms with Gasteiger partial charge in [-0.1, -0.05) is 30.3 Å². The van der Waals surface area contributed by atoms with Crippen LogP contribution in [0.2, 0.25) is 0 Å². The number of carbonyl (C=O) groups is 1. The Kier molecular flexibility index (Phi) is 5.75. The summed E-state index contributed by atoms with van der Waals surface area (Å²) in [7, 11) is 3.84.